The molecule has 82 valence electrons. The minimum absolute atomic E-state index is 0.158. The van der Waals surface area contributed by atoms with Crippen LogP contribution in [0.1, 0.15) is 23.4 Å². The standard InChI is InChI=1S/C10H14N2O3/c1-12(6-7-4-8(13)5-7)10(14)9-2-3-11-15-9/h2-3,7-8,13H,4-6H2,1H3. The van der Waals surface area contributed by atoms with Crippen molar-refractivity contribution in [3.63, 3.8) is 0 Å². The molecule has 0 atom stereocenters. The summed E-state index contributed by atoms with van der Waals surface area (Å²) < 4.78 is 4.78. The molecule has 5 nitrogen and oxygen atoms in total. The van der Waals surface area contributed by atoms with E-state index in [2.05, 4.69) is 5.16 Å². The minimum atomic E-state index is -0.177. The van der Waals surface area contributed by atoms with Crippen LogP contribution in [-0.2, 0) is 0 Å². The molecule has 1 amide bonds. The van der Waals surface area contributed by atoms with Crippen LogP contribution in [0.4, 0.5) is 0 Å². The van der Waals surface area contributed by atoms with Crippen molar-refractivity contribution < 1.29 is 14.4 Å². The van der Waals surface area contributed by atoms with E-state index in [4.69, 9.17) is 9.63 Å². The number of rotatable bonds is 3. The van der Waals surface area contributed by atoms with Crippen molar-refractivity contribution >= 4 is 5.91 Å². The first kappa shape index (κ1) is 10.2. The lowest BCUT2D eigenvalue weighted by Gasteiger charge is -2.34. The lowest BCUT2D eigenvalue weighted by Crippen LogP contribution is -2.39. The number of hydrogen-bond donors (Lipinski definition) is 1. The minimum Gasteiger partial charge on any atom is -0.393 e. The molecule has 1 fully saturated rings. The second-order valence-electron chi connectivity index (χ2n) is 4.05. The van der Waals surface area contributed by atoms with Gasteiger partial charge in [-0.25, -0.2) is 0 Å². The van der Waals surface area contributed by atoms with Crippen LogP contribution in [-0.4, -0.2) is 40.8 Å². The second-order valence-corrected chi connectivity index (χ2v) is 4.05. The van der Waals surface area contributed by atoms with Gasteiger partial charge in [0.15, 0.2) is 0 Å². The first-order valence-corrected chi connectivity index (χ1v) is 5.01. The Hall–Kier alpha value is -1.36. The fraction of sp³-hybridized carbons (Fsp3) is 0.600. The molecule has 2 rings (SSSR count). The average molecular weight is 210 g/mol. The first-order valence-electron chi connectivity index (χ1n) is 5.01. The predicted octanol–water partition coefficient (Wildman–Crippen LogP) is 0.518. The molecule has 1 aromatic rings. The predicted molar refractivity (Wildman–Crippen MR) is 52.2 cm³/mol. The van der Waals surface area contributed by atoms with Crippen LogP contribution in [0, 0.1) is 5.92 Å². The number of hydrogen-bond acceptors (Lipinski definition) is 4. The van der Waals surface area contributed by atoms with Gasteiger partial charge in [0, 0.05) is 19.7 Å². The van der Waals surface area contributed by atoms with E-state index in [1.807, 2.05) is 0 Å². The van der Waals surface area contributed by atoms with Gasteiger partial charge < -0.3 is 14.5 Å². The number of aliphatic hydroxyl groups excluding tert-OH is 1. The molecular formula is C10H14N2O3. The molecule has 0 bridgehead atoms. The Morgan fingerprint density at radius 3 is 3.00 bits per heavy atom. The molecule has 1 aliphatic rings. The average Bonchev–Trinajstić information content (AvgIpc) is 2.66. The zero-order valence-corrected chi connectivity index (χ0v) is 8.59. The first-order chi connectivity index (χ1) is 7.16. The van der Waals surface area contributed by atoms with Gasteiger partial charge in [0.25, 0.3) is 5.91 Å². The Morgan fingerprint density at radius 1 is 1.73 bits per heavy atom. The molecule has 1 aromatic heterocycles. The lowest BCUT2D eigenvalue weighted by atomic mass is 9.82. The third-order valence-corrected chi connectivity index (χ3v) is 2.74. The summed E-state index contributed by atoms with van der Waals surface area (Å²) in [7, 11) is 1.73. The Morgan fingerprint density at radius 2 is 2.47 bits per heavy atom. The molecule has 0 aromatic carbocycles. The van der Waals surface area contributed by atoms with Crippen molar-refractivity contribution in [2.24, 2.45) is 5.92 Å². The lowest BCUT2D eigenvalue weighted by molar-refractivity contribution is 0.0256. The van der Waals surface area contributed by atoms with Crippen LogP contribution in [0.15, 0.2) is 16.8 Å². The summed E-state index contributed by atoms with van der Waals surface area (Å²) in [4.78, 5) is 13.3. The highest BCUT2D eigenvalue weighted by Crippen LogP contribution is 2.27. The highest BCUT2D eigenvalue weighted by molar-refractivity contribution is 5.91. The van der Waals surface area contributed by atoms with E-state index in [-0.39, 0.29) is 17.8 Å². The zero-order chi connectivity index (χ0) is 10.8. The summed E-state index contributed by atoms with van der Waals surface area (Å²) in [6, 6.07) is 1.55. The molecule has 0 unspecified atom stereocenters. The van der Waals surface area contributed by atoms with Gasteiger partial charge in [-0.2, -0.15) is 0 Å². The van der Waals surface area contributed by atoms with Gasteiger partial charge in [-0.3, -0.25) is 4.79 Å². The van der Waals surface area contributed by atoms with Crippen molar-refractivity contribution in [3.8, 4) is 0 Å². The van der Waals surface area contributed by atoms with Crippen molar-refractivity contribution in [2.45, 2.75) is 18.9 Å². The van der Waals surface area contributed by atoms with Gasteiger partial charge in [0.2, 0.25) is 5.76 Å². The zero-order valence-electron chi connectivity index (χ0n) is 8.59. The Balaban J connectivity index is 1.86. The smallest absolute Gasteiger partial charge is 0.292 e. The quantitative estimate of drug-likeness (QED) is 0.789. The molecule has 1 aliphatic carbocycles. The summed E-state index contributed by atoms with van der Waals surface area (Å²) in [6.07, 6.45) is 2.85. The van der Waals surface area contributed by atoms with Gasteiger partial charge in [0.1, 0.15) is 0 Å². The fourth-order valence-corrected chi connectivity index (χ4v) is 1.83. The summed E-state index contributed by atoms with van der Waals surface area (Å²) in [5, 5.41) is 12.6. The van der Waals surface area contributed by atoms with Gasteiger partial charge in [-0.15, -0.1) is 0 Å². The van der Waals surface area contributed by atoms with Crippen LogP contribution in [0.5, 0.6) is 0 Å². The van der Waals surface area contributed by atoms with Gasteiger partial charge in [-0.1, -0.05) is 5.16 Å². The van der Waals surface area contributed by atoms with Crippen molar-refractivity contribution in [1.82, 2.24) is 10.1 Å². The normalized spacial score (nSPS) is 24.7. The van der Waals surface area contributed by atoms with Crippen molar-refractivity contribution in [3.05, 3.63) is 18.0 Å². The number of amides is 1. The van der Waals surface area contributed by atoms with E-state index in [0.717, 1.165) is 12.8 Å². The molecule has 1 N–H and O–H groups in total. The number of aromatic nitrogens is 1. The SMILES string of the molecule is CN(CC1CC(O)C1)C(=O)c1ccno1. The van der Waals surface area contributed by atoms with E-state index in [1.165, 1.54) is 6.20 Å². The second kappa shape index (κ2) is 4.02. The fourth-order valence-electron chi connectivity index (χ4n) is 1.83. The van der Waals surface area contributed by atoms with Crippen molar-refractivity contribution in [1.29, 1.82) is 0 Å². The maximum Gasteiger partial charge on any atom is 0.292 e. The van der Waals surface area contributed by atoms with Crippen LogP contribution in [0.25, 0.3) is 0 Å². The number of carbonyl (C=O) groups is 1. The number of aliphatic hydroxyl groups is 1. The van der Waals surface area contributed by atoms with E-state index in [9.17, 15) is 4.79 Å². The molecule has 0 spiro atoms. The molecule has 15 heavy (non-hydrogen) atoms. The molecule has 1 saturated carbocycles. The maximum atomic E-state index is 11.7. The monoisotopic (exact) mass is 210 g/mol. The molecule has 0 radical (unpaired) electrons. The van der Waals surface area contributed by atoms with E-state index in [1.54, 1.807) is 18.0 Å². The van der Waals surface area contributed by atoms with E-state index in [0.29, 0.717) is 12.5 Å². The van der Waals surface area contributed by atoms with E-state index < -0.39 is 0 Å². The molecule has 0 aliphatic heterocycles. The maximum absolute atomic E-state index is 11.7. The number of carbonyl (C=O) groups excluding carboxylic acids is 1. The Bertz CT molecular complexity index is 330. The van der Waals surface area contributed by atoms with Crippen LogP contribution in [0.3, 0.4) is 0 Å². The third kappa shape index (κ3) is 2.18. The summed E-state index contributed by atoms with van der Waals surface area (Å²) in [5.41, 5.74) is 0. The Labute approximate surface area is 87.7 Å². The highest BCUT2D eigenvalue weighted by Gasteiger charge is 2.29. The van der Waals surface area contributed by atoms with Crippen molar-refractivity contribution in [2.75, 3.05) is 13.6 Å². The van der Waals surface area contributed by atoms with Gasteiger partial charge in [-0.05, 0) is 18.8 Å². The van der Waals surface area contributed by atoms with Gasteiger partial charge >= 0.3 is 0 Å². The molecule has 0 saturated heterocycles. The summed E-state index contributed by atoms with van der Waals surface area (Å²) >= 11 is 0. The third-order valence-electron chi connectivity index (χ3n) is 2.74. The van der Waals surface area contributed by atoms with Crippen LogP contribution < -0.4 is 0 Å². The topological polar surface area (TPSA) is 66.6 Å². The Kier molecular flexibility index (Phi) is 2.73. The molecule has 1 heterocycles. The summed E-state index contributed by atoms with van der Waals surface area (Å²) in [6.45, 7) is 0.663. The molecule has 5 heteroatoms. The highest BCUT2D eigenvalue weighted by atomic mass is 16.5. The number of nitrogens with zero attached hydrogens (tertiary/aromatic N) is 2. The van der Waals surface area contributed by atoms with Gasteiger partial charge in [0.05, 0.1) is 12.3 Å². The molecular weight excluding hydrogens is 196 g/mol. The van der Waals surface area contributed by atoms with E-state index >= 15 is 0 Å². The largest absolute Gasteiger partial charge is 0.393 e. The summed E-state index contributed by atoms with van der Waals surface area (Å²) in [5.74, 6) is 0.517. The van der Waals surface area contributed by atoms with Crippen LogP contribution in [0.2, 0.25) is 0 Å². The van der Waals surface area contributed by atoms with Crippen LogP contribution >= 0.6 is 0 Å².